The minimum Gasteiger partial charge on any atom is -0.491 e. The minimum atomic E-state index is -0.824. The summed E-state index contributed by atoms with van der Waals surface area (Å²) < 4.78 is 19.1. The molecule has 0 saturated carbocycles. The summed E-state index contributed by atoms with van der Waals surface area (Å²) in [6, 6.07) is 4.55. The second kappa shape index (κ2) is 6.48. The number of carboxylic acids is 1. The molecule has 0 saturated heterocycles. The Balaban J connectivity index is 2.29. The molecule has 1 N–H and O–H groups in total. The van der Waals surface area contributed by atoms with E-state index in [-0.39, 0.29) is 12.2 Å². The Morgan fingerprint density at radius 1 is 1.44 bits per heavy atom. The summed E-state index contributed by atoms with van der Waals surface area (Å²) in [5.41, 5.74) is 0. The van der Waals surface area contributed by atoms with E-state index in [2.05, 4.69) is 15.9 Å². The van der Waals surface area contributed by atoms with Gasteiger partial charge in [0.2, 0.25) is 0 Å². The van der Waals surface area contributed by atoms with Crippen molar-refractivity contribution in [3.05, 3.63) is 28.5 Å². The zero-order valence-electron chi connectivity index (χ0n) is 8.58. The third-order valence-electron chi connectivity index (χ3n) is 1.94. The van der Waals surface area contributed by atoms with E-state index in [0.29, 0.717) is 23.9 Å². The largest absolute Gasteiger partial charge is 0.491 e. The van der Waals surface area contributed by atoms with E-state index >= 15 is 0 Å². The maximum Gasteiger partial charge on any atom is 0.303 e. The number of benzene rings is 1. The van der Waals surface area contributed by atoms with Crippen LogP contribution in [-0.2, 0) is 4.79 Å². The molecule has 0 bridgehead atoms. The number of halogens is 2. The molecular formula is C11H12BrFO3. The molecule has 88 valence electrons. The number of rotatable bonds is 6. The van der Waals surface area contributed by atoms with Crippen LogP contribution in [0.4, 0.5) is 4.39 Å². The van der Waals surface area contributed by atoms with Crippen molar-refractivity contribution in [3.63, 3.8) is 0 Å². The second-order valence-corrected chi connectivity index (χ2v) is 4.19. The van der Waals surface area contributed by atoms with Crippen LogP contribution in [0.1, 0.15) is 19.3 Å². The van der Waals surface area contributed by atoms with E-state index in [1.54, 1.807) is 6.07 Å². The number of aliphatic carboxylic acids is 1. The van der Waals surface area contributed by atoms with Crippen LogP contribution in [0.5, 0.6) is 5.75 Å². The van der Waals surface area contributed by atoms with E-state index < -0.39 is 11.8 Å². The molecule has 0 unspecified atom stereocenters. The molecule has 0 atom stereocenters. The van der Waals surface area contributed by atoms with Crippen LogP contribution >= 0.6 is 15.9 Å². The summed E-state index contributed by atoms with van der Waals surface area (Å²) >= 11 is 3.14. The lowest BCUT2D eigenvalue weighted by atomic mass is 10.2. The highest BCUT2D eigenvalue weighted by Gasteiger charge is 2.03. The van der Waals surface area contributed by atoms with Crippen molar-refractivity contribution in [1.29, 1.82) is 0 Å². The quantitative estimate of drug-likeness (QED) is 0.818. The molecule has 1 rings (SSSR count). The predicted octanol–water partition coefficient (Wildman–Crippen LogP) is 3.22. The van der Waals surface area contributed by atoms with Gasteiger partial charge in [0, 0.05) is 10.9 Å². The number of hydrogen-bond donors (Lipinski definition) is 1. The first-order valence-corrected chi connectivity index (χ1v) is 5.68. The maximum absolute atomic E-state index is 13.2. The van der Waals surface area contributed by atoms with Crippen LogP contribution < -0.4 is 4.74 Å². The Labute approximate surface area is 101 Å². The lowest BCUT2D eigenvalue weighted by molar-refractivity contribution is -0.137. The molecule has 0 radical (unpaired) electrons. The predicted molar refractivity (Wildman–Crippen MR) is 61.1 cm³/mol. The topological polar surface area (TPSA) is 46.5 Å². The zero-order valence-corrected chi connectivity index (χ0v) is 10.2. The molecule has 1 aromatic rings. The van der Waals surface area contributed by atoms with Gasteiger partial charge in [-0.2, -0.15) is 0 Å². The van der Waals surface area contributed by atoms with Gasteiger partial charge in [-0.1, -0.05) is 15.9 Å². The third kappa shape index (κ3) is 4.61. The second-order valence-electron chi connectivity index (χ2n) is 3.27. The van der Waals surface area contributed by atoms with Crippen LogP contribution in [0.15, 0.2) is 22.7 Å². The fourth-order valence-electron chi connectivity index (χ4n) is 1.15. The Kier molecular flexibility index (Phi) is 5.25. The highest BCUT2D eigenvalue weighted by Crippen LogP contribution is 2.21. The van der Waals surface area contributed by atoms with Gasteiger partial charge in [-0.25, -0.2) is 4.39 Å². The van der Waals surface area contributed by atoms with Crippen LogP contribution in [0, 0.1) is 5.82 Å². The van der Waals surface area contributed by atoms with Gasteiger partial charge in [0.05, 0.1) is 6.61 Å². The summed E-state index contributed by atoms with van der Waals surface area (Å²) in [4.78, 5) is 10.2. The lowest BCUT2D eigenvalue weighted by Gasteiger charge is -2.06. The normalized spacial score (nSPS) is 10.1. The van der Waals surface area contributed by atoms with Gasteiger partial charge in [0.1, 0.15) is 0 Å². The van der Waals surface area contributed by atoms with E-state index in [4.69, 9.17) is 9.84 Å². The summed E-state index contributed by atoms with van der Waals surface area (Å²) in [5, 5.41) is 8.40. The minimum absolute atomic E-state index is 0.117. The Bertz CT molecular complexity index is 368. The molecule has 3 nitrogen and oxygen atoms in total. The maximum atomic E-state index is 13.2. The molecule has 0 aliphatic heterocycles. The summed E-state index contributed by atoms with van der Waals surface area (Å²) in [6.45, 7) is 0.325. The number of ether oxygens (including phenoxy) is 1. The standard InChI is InChI=1S/C11H12BrFO3/c12-8-4-5-10(9(13)7-8)16-6-2-1-3-11(14)15/h4-5,7H,1-3,6H2,(H,14,15). The number of hydrogen-bond acceptors (Lipinski definition) is 2. The fourth-order valence-corrected chi connectivity index (χ4v) is 1.49. The van der Waals surface area contributed by atoms with Gasteiger partial charge in [0.25, 0.3) is 0 Å². The smallest absolute Gasteiger partial charge is 0.303 e. The van der Waals surface area contributed by atoms with Gasteiger partial charge >= 0.3 is 5.97 Å². The number of unbranched alkanes of at least 4 members (excludes halogenated alkanes) is 1. The highest BCUT2D eigenvalue weighted by molar-refractivity contribution is 9.10. The number of carboxylic acid groups (broad SMARTS) is 1. The number of carbonyl (C=O) groups is 1. The van der Waals surface area contributed by atoms with E-state index in [0.717, 1.165) is 0 Å². The lowest BCUT2D eigenvalue weighted by Crippen LogP contribution is -2.01. The summed E-state index contributed by atoms with van der Waals surface area (Å²) in [7, 11) is 0. The van der Waals surface area contributed by atoms with E-state index in [9.17, 15) is 9.18 Å². The monoisotopic (exact) mass is 290 g/mol. The Morgan fingerprint density at radius 2 is 2.19 bits per heavy atom. The first-order chi connectivity index (χ1) is 7.59. The highest BCUT2D eigenvalue weighted by atomic mass is 79.9. The summed E-state index contributed by atoms with van der Waals surface area (Å²) in [5.74, 6) is -1.05. The van der Waals surface area contributed by atoms with Crippen molar-refractivity contribution in [2.24, 2.45) is 0 Å². The van der Waals surface area contributed by atoms with Gasteiger partial charge in [-0.05, 0) is 31.0 Å². The zero-order chi connectivity index (χ0) is 12.0. The van der Waals surface area contributed by atoms with Crippen LogP contribution in [-0.4, -0.2) is 17.7 Å². The van der Waals surface area contributed by atoms with E-state index in [1.807, 2.05) is 0 Å². The van der Waals surface area contributed by atoms with Crippen LogP contribution in [0.25, 0.3) is 0 Å². The van der Waals surface area contributed by atoms with Gasteiger partial charge in [-0.3, -0.25) is 4.79 Å². The van der Waals surface area contributed by atoms with Crippen molar-refractivity contribution >= 4 is 21.9 Å². The summed E-state index contributed by atoms with van der Waals surface area (Å²) in [6.07, 6.45) is 1.25. The molecule has 0 fully saturated rings. The molecule has 5 heteroatoms. The first kappa shape index (κ1) is 13.0. The molecule has 0 amide bonds. The van der Waals surface area contributed by atoms with E-state index in [1.165, 1.54) is 12.1 Å². The molecule has 0 spiro atoms. The Morgan fingerprint density at radius 3 is 2.81 bits per heavy atom. The van der Waals surface area contributed by atoms with Gasteiger partial charge in [-0.15, -0.1) is 0 Å². The van der Waals surface area contributed by atoms with Crippen molar-refractivity contribution < 1.29 is 19.0 Å². The van der Waals surface area contributed by atoms with Crippen molar-refractivity contribution in [1.82, 2.24) is 0 Å². The molecule has 16 heavy (non-hydrogen) atoms. The Hall–Kier alpha value is -1.10. The third-order valence-corrected chi connectivity index (χ3v) is 2.43. The molecule has 0 aliphatic rings. The van der Waals surface area contributed by atoms with Gasteiger partial charge < -0.3 is 9.84 Å². The molecule has 0 aromatic heterocycles. The molecular weight excluding hydrogens is 279 g/mol. The van der Waals surface area contributed by atoms with Crippen molar-refractivity contribution in [3.8, 4) is 5.75 Å². The van der Waals surface area contributed by atoms with Crippen LogP contribution in [0.3, 0.4) is 0 Å². The average Bonchev–Trinajstić information content (AvgIpc) is 2.20. The molecule has 0 heterocycles. The first-order valence-electron chi connectivity index (χ1n) is 4.89. The van der Waals surface area contributed by atoms with Gasteiger partial charge in [0.15, 0.2) is 11.6 Å². The fraction of sp³-hybridized carbons (Fsp3) is 0.364. The SMILES string of the molecule is O=C(O)CCCCOc1ccc(Br)cc1F. The van der Waals surface area contributed by atoms with Crippen molar-refractivity contribution in [2.75, 3.05) is 6.61 Å². The average molecular weight is 291 g/mol. The van der Waals surface area contributed by atoms with Crippen molar-refractivity contribution in [2.45, 2.75) is 19.3 Å². The molecule has 0 aliphatic carbocycles. The van der Waals surface area contributed by atoms with Crippen LogP contribution in [0.2, 0.25) is 0 Å². The molecule has 1 aromatic carbocycles.